The van der Waals surface area contributed by atoms with Gasteiger partial charge in [-0.3, -0.25) is 11.3 Å². The fraction of sp³-hybridized carbons (Fsp3) is 0.625. The second-order valence-electron chi connectivity index (χ2n) is 6.49. The number of hydrogen-bond acceptors (Lipinski definition) is 2. The molecule has 1 saturated carbocycles. The third kappa shape index (κ3) is 2.98. The highest BCUT2D eigenvalue weighted by atomic mass is 19.1. The summed E-state index contributed by atoms with van der Waals surface area (Å²) < 4.78 is 13.5. The highest BCUT2D eigenvalue weighted by Crippen LogP contribution is 2.47. The van der Waals surface area contributed by atoms with Gasteiger partial charge < -0.3 is 0 Å². The zero-order valence-corrected chi connectivity index (χ0v) is 12.2. The summed E-state index contributed by atoms with van der Waals surface area (Å²) in [5.74, 6) is 6.07. The number of nitrogens with one attached hydrogen (secondary N) is 1. The van der Waals surface area contributed by atoms with E-state index in [0.29, 0.717) is 5.92 Å². The molecule has 2 unspecified atom stereocenters. The van der Waals surface area contributed by atoms with Crippen molar-refractivity contribution in [3.63, 3.8) is 0 Å². The number of hydrogen-bond donors (Lipinski definition) is 2. The number of hydrazine groups is 1. The molecule has 0 aliphatic heterocycles. The van der Waals surface area contributed by atoms with Crippen LogP contribution < -0.4 is 11.3 Å². The van der Waals surface area contributed by atoms with Crippen LogP contribution in [0.1, 0.15) is 56.7 Å². The van der Waals surface area contributed by atoms with Crippen LogP contribution in [0.2, 0.25) is 0 Å². The summed E-state index contributed by atoms with van der Waals surface area (Å²) >= 11 is 0. The van der Waals surface area contributed by atoms with Crippen molar-refractivity contribution in [3.8, 4) is 0 Å². The Morgan fingerprint density at radius 2 is 2.11 bits per heavy atom. The Balaban J connectivity index is 2.35. The van der Waals surface area contributed by atoms with Crippen molar-refractivity contribution in [1.29, 1.82) is 0 Å². The van der Waals surface area contributed by atoms with Crippen LogP contribution in [-0.2, 0) is 0 Å². The number of halogens is 1. The smallest absolute Gasteiger partial charge is 0.123 e. The van der Waals surface area contributed by atoms with Crippen LogP contribution in [0.4, 0.5) is 4.39 Å². The first-order valence-corrected chi connectivity index (χ1v) is 7.18. The first-order chi connectivity index (χ1) is 8.95. The van der Waals surface area contributed by atoms with Gasteiger partial charge >= 0.3 is 0 Å². The van der Waals surface area contributed by atoms with Gasteiger partial charge in [-0.2, -0.15) is 0 Å². The molecule has 1 aromatic carbocycles. The lowest BCUT2D eigenvalue weighted by atomic mass is 9.64. The molecule has 2 nitrogen and oxygen atoms in total. The Morgan fingerprint density at radius 3 is 2.74 bits per heavy atom. The van der Waals surface area contributed by atoms with E-state index in [9.17, 15) is 4.39 Å². The van der Waals surface area contributed by atoms with E-state index in [4.69, 9.17) is 5.84 Å². The molecule has 19 heavy (non-hydrogen) atoms. The monoisotopic (exact) mass is 264 g/mol. The molecular formula is C16H25FN2. The molecule has 0 bridgehead atoms. The maximum atomic E-state index is 13.5. The summed E-state index contributed by atoms with van der Waals surface area (Å²) in [6.45, 7) is 6.63. The number of rotatable bonds is 3. The van der Waals surface area contributed by atoms with Crippen LogP contribution in [0.3, 0.4) is 0 Å². The molecule has 0 aromatic heterocycles. The van der Waals surface area contributed by atoms with Gasteiger partial charge in [-0.15, -0.1) is 0 Å². The summed E-state index contributed by atoms with van der Waals surface area (Å²) in [5, 5.41) is 0. The summed E-state index contributed by atoms with van der Waals surface area (Å²) in [4.78, 5) is 0. The van der Waals surface area contributed by atoms with E-state index < -0.39 is 0 Å². The van der Waals surface area contributed by atoms with Crippen molar-refractivity contribution in [2.24, 2.45) is 17.2 Å². The van der Waals surface area contributed by atoms with Crippen molar-refractivity contribution in [3.05, 3.63) is 35.1 Å². The predicted molar refractivity (Wildman–Crippen MR) is 76.9 cm³/mol. The van der Waals surface area contributed by atoms with E-state index in [-0.39, 0.29) is 17.3 Å². The quantitative estimate of drug-likeness (QED) is 0.642. The third-order valence-corrected chi connectivity index (χ3v) is 4.75. The molecule has 1 aliphatic rings. The third-order valence-electron chi connectivity index (χ3n) is 4.75. The molecule has 3 N–H and O–H groups in total. The molecule has 0 saturated heterocycles. The summed E-state index contributed by atoms with van der Waals surface area (Å²) in [6, 6.07) is 5.01. The second-order valence-corrected chi connectivity index (χ2v) is 6.49. The minimum absolute atomic E-state index is 0.0333. The predicted octanol–water partition coefficient (Wildman–Crippen LogP) is 3.85. The Kier molecular flexibility index (Phi) is 4.26. The van der Waals surface area contributed by atoms with E-state index in [1.807, 2.05) is 13.0 Å². The molecule has 0 spiro atoms. The largest absolute Gasteiger partial charge is 0.271 e. The van der Waals surface area contributed by atoms with Crippen molar-refractivity contribution >= 4 is 0 Å². The molecule has 0 heterocycles. The highest BCUT2D eigenvalue weighted by Gasteiger charge is 2.38. The Hall–Kier alpha value is -0.930. The van der Waals surface area contributed by atoms with Gasteiger partial charge in [0.1, 0.15) is 5.82 Å². The normalized spacial score (nSPS) is 24.2. The molecule has 1 aliphatic carbocycles. The highest BCUT2D eigenvalue weighted by molar-refractivity contribution is 5.30. The van der Waals surface area contributed by atoms with Gasteiger partial charge in [-0.25, -0.2) is 4.39 Å². The van der Waals surface area contributed by atoms with Gasteiger partial charge in [-0.1, -0.05) is 32.8 Å². The molecule has 1 aromatic rings. The standard InChI is InChI=1S/C16H25FN2/c1-11-7-8-12(17)10-13(11)15(19-18)14-6-4-5-9-16(14,2)3/h7-8,10,14-15,19H,4-6,9,18H2,1-3H3. The SMILES string of the molecule is Cc1ccc(F)cc1C(NN)C1CCCCC1(C)C. The number of nitrogens with two attached hydrogens (primary N) is 1. The van der Waals surface area contributed by atoms with E-state index in [0.717, 1.165) is 17.5 Å². The summed E-state index contributed by atoms with van der Waals surface area (Å²) in [7, 11) is 0. The zero-order chi connectivity index (χ0) is 14.0. The Bertz CT molecular complexity index is 442. The van der Waals surface area contributed by atoms with E-state index in [1.165, 1.54) is 25.3 Å². The van der Waals surface area contributed by atoms with Crippen LogP contribution in [0.25, 0.3) is 0 Å². The lowest BCUT2D eigenvalue weighted by Crippen LogP contribution is -2.42. The number of aryl methyl sites for hydroxylation is 1. The Labute approximate surface area is 115 Å². The van der Waals surface area contributed by atoms with Crippen molar-refractivity contribution in [2.45, 2.75) is 52.5 Å². The first kappa shape index (κ1) is 14.5. The van der Waals surface area contributed by atoms with Gasteiger partial charge in [0.25, 0.3) is 0 Å². The fourth-order valence-corrected chi connectivity index (χ4v) is 3.51. The molecule has 2 rings (SSSR count). The molecule has 0 radical (unpaired) electrons. The molecule has 1 fully saturated rings. The Morgan fingerprint density at radius 1 is 1.37 bits per heavy atom. The van der Waals surface area contributed by atoms with Gasteiger partial charge in [0.15, 0.2) is 0 Å². The van der Waals surface area contributed by atoms with Gasteiger partial charge in [-0.05, 0) is 54.4 Å². The lowest BCUT2D eigenvalue weighted by molar-refractivity contribution is 0.0979. The van der Waals surface area contributed by atoms with Crippen LogP contribution in [0, 0.1) is 24.1 Å². The average molecular weight is 264 g/mol. The van der Waals surface area contributed by atoms with Gasteiger partial charge in [0.05, 0.1) is 0 Å². The topological polar surface area (TPSA) is 38.0 Å². The fourth-order valence-electron chi connectivity index (χ4n) is 3.51. The van der Waals surface area contributed by atoms with Crippen molar-refractivity contribution in [1.82, 2.24) is 5.43 Å². The second kappa shape index (κ2) is 5.59. The molecular weight excluding hydrogens is 239 g/mol. The molecule has 0 amide bonds. The van der Waals surface area contributed by atoms with Crippen LogP contribution in [0.5, 0.6) is 0 Å². The minimum atomic E-state index is -0.186. The van der Waals surface area contributed by atoms with Crippen LogP contribution in [0.15, 0.2) is 18.2 Å². The van der Waals surface area contributed by atoms with E-state index in [2.05, 4.69) is 19.3 Å². The van der Waals surface area contributed by atoms with E-state index >= 15 is 0 Å². The van der Waals surface area contributed by atoms with Crippen LogP contribution in [-0.4, -0.2) is 0 Å². The maximum Gasteiger partial charge on any atom is 0.123 e. The zero-order valence-electron chi connectivity index (χ0n) is 12.2. The molecule has 3 heteroatoms. The van der Waals surface area contributed by atoms with Crippen molar-refractivity contribution in [2.75, 3.05) is 0 Å². The van der Waals surface area contributed by atoms with Gasteiger partial charge in [0.2, 0.25) is 0 Å². The van der Waals surface area contributed by atoms with E-state index in [1.54, 1.807) is 6.07 Å². The average Bonchev–Trinajstić information content (AvgIpc) is 2.36. The first-order valence-electron chi connectivity index (χ1n) is 7.18. The van der Waals surface area contributed by atoms with Crippen LogP contribution >= 0.6 is 0 Å². The summed E-state index contributed by atoms with van der Waals surface area (Å²) in [5.41, 5.74) is 5.29. The molecule has 106 valence electrons. The number of benzene rings is 1. The molecule has 2 atom stereocenters. The lowest BCUT2D eigenvalue weighted by Gasteiger charge is -2.43. The summed E-state index contributed by atoms with van der Waals surface area (Å²) in [6.07, 6.45) is 4.88. The van der Waals surface area contributed by atoms with Crippen molar-refractivity contribution < 1.29 is 4.39 Å². The maximum absolute atomic E-state index is 13.5. The minimum Gasteiger partial charge on any atom is -0.271 e. The van der Waals surface area contributed by atoms with Gasteiger partial charge in [0, 0.05) is 6.04 Å².